The minimum absolute atomic E-state index is 0.405. The molecule has 0 spiro atoms. The van der Waals surface area contributed by atoms with E-state index in [1.165, 1.54) is 57.8 Å². The van der Waals surface area contributed by atoms with Gasteiger partial charge in [0, 0.05) is 13.2 Å². The summed E-state index contributed by atoms with van der Waals surface area (Å²) in [5.74, 6) is 0. The molecular weight excluding hydrogens is 450 g/mol. The molecule has 0 fully saturated rings. The quantitative estimate of drug-likeness (QED) is 0.155. The molecule has 8 nitrogen and oxygen atoms in total. The van der Waals surface area contributed by atoms with Crippen molar-refractivity contribution >= 4 is 6.09 Å². The van der Waals surface area contributed by atoms with Crippen LogP contribution in [0.15, 0.2) is 0 Å². The van der Waals surface area contributed by atoms with Crippen LogP contribution >= 0.6 is 0 Å². The molecule has 0 atom stereocenters. The van der Waals surface area contributed by atoms with Gasteiger partial charge in [-0.1, -0.05) is 64.7 Å². The molecule has 0 aromatic carbocycles. The average molecular weight is 506 g/mol. The summed E-state index contributed by atoms with van der Waals surface area (Å²) in [6.07, 6.45) is 13.0. The Morgan fingerprint density at radius 1 is 0.543 bits per heavy atom. The van der Waals surface area contributed by atoms with Crippen LogP contribution in [0.5, 0.6) is 0 Å². The van der Waals surface area contributed by atoms with Gasteiger partial charge in [-0.2, -0.15) is 0 Å². The third-order valence-corrected chi connectivity index (χ3v) is 5.04. The van der Waals surface area contributed by atoms with E-state index >= 15 is 0 Å². The molecule has 0 heterocycles. The van der Waals surface area contributed by atoms with Crippen LogP contribution in [0.3, 0.4) is 0 Å². The monoisotopic (exact) mass is 505 g/mol. The van der Waals surface area contributed by atoms with Crippen LogP contribution in [0.4, 0.5) is 4.79 Å². The highest BCUT2D eigenvalue weighted by atomic mass is 16.6. The van der Waals surface area contributed by atoms with Crippen molar-refractivity contribution in [2.24, 2.45) is 0 Å². The summed E-state index contributed by atoms with van der Waals surface area (Å²) in [6, 6.07) is 0. The van der Waals surface area contributed by atoms with E-state index in [4.69, 9.17) is 28.4 Å². The fraction of sp³-hybridized carbons (Fsp3) is 0.963. The minimum Gasteiger partial charge on any atom is -0.444 e. The highest BCUT2D eigenvalue weighted by Crippen LogP contribution is 2.10. The van der Waals surface area contributed by atoms with Gasteiger partial charge in [-0.25, -0.2) is 4.79 Å². The van der Waals surface area contributed by atoms with Crippen LogP contribution in [0.1, 0.15) is 91.9 Å². The van der Waals surface area contributed by atoms with Crippen molar-refractivity contribution in [3.63, 3.8) is 0 Å². The van der Waals surface area contributed by atoms with Crippen LogP contribution in [0.25, 0.3) is 0 Å². The van der Waals surface area contributed by atoms with E-state index in [-0.39, 0.29) is 0 Å². The molecule has 210 valence electrons. The van der Waals surface area contributed by atoms with Gasteiger partial charge >= 0.3 is 6.09 Å². The lowest BCUT2D eigenvalue weighted by Crippen LogP contribution is -2.34. The van der Waals surface area contributed by atoms with Crippen molar-refractivity contribution in [2.45, 2.75) is 97.5 Å². The molecule has 0 radical (unpaired) electrons. The molecule has 1 N–H and O–H groups in total. The van der Waals surface area contributed by atoms with Gasteiger partial charge in [-0.05, 0) is 27.2 Å². The van der Waals surface area contributed by atoms with Gasteiger partial charge in [-0.15, -0.1) is 0 Å². The van der Waals surface area contributed by atoms with Crippen LogP contribution in [-0.4, -0.2) is 84.3 Å². The molecule has 0 rings (SSSR count). The SMILES string of the molecule is CCCCCCCCCCCCOCCOCCOCCOCCOCCNC(=O)OC(C)(C)C. The maximum absolute atomic E-state index is 11.5. The predicted molar refractivity (Wildman–Crippen MR) is 140 cm³/mol. The summed E-state index contributed by atoms with van der Waals surface area (Å²) in [5, 5.41) is 2.64. The number of unbranched alkanes of at least 4 members (excludes halogenated alkanes) is 9. The summed E-state index contributed by atoms with van der Waals surface area (Å²) < 4.78 is 32.6. The van der Waals surface area contributed by atoms with E-state index in [9.17, 15) is 4.79 Å². The number of hydrogen-bond acceptors (Lipinski definition) is 7. The normalized spacial score (nSPS) is 11.7. The second-order valence-electron chi connectivity index (χ2n) is 9.67. The van der Waals surface area contributed by atoms with Crippen molar-refractivity contribution in [3.05, 3.63) is 0 Å². The molecule has 0 saturated heterocycles. The Balaban J connectivity index is 3.09. The molecule has 8 heteroatoms. The van der Waals surface area contributed by atoms with Gasteiger partial charge in [0.2, 0.25) is 0 Å². The zero-order valence-electron chi connectivity index (χ0n) is 23.2. The van der Waals surface area contributed by atoms with Gasteiger partial charge in [0.05, 0.1) is 59.5 Å². The van der Waals surface area contributed by atoms with Crippen LogP contribution in [-0.2, 0) is 28.4 Å². The summed E-state index contributed by atoms with van der Waals surface area (Å²) in [6.45, 7) is 13.8. The first-order valence-corrected chi connectivity index (χ1v) is 13.8. The standard InChI is InChI=1S/C27H55NO7/c1-5-6-7-8-9-10-11-12-13-14-16-30-18-20-32-22-24-34-25-23-33-21-19-31-17-15-28-26(29)35-27(2,3)4/h5-25H2,1-4H3,(H,28,29). The van der Waals surface area contributed by atoms with E-state index in [1.807, 2.05) is 20.8 Å². The number of carbonyl (C=O) groups excluding carboxylic acids is 1. The fourth-order valence-corrected chi connectivity index (χ4v) is 3.21. The Bertz CT molecular complexity index is 444. The zero-order chi connectivity index (χ0) is 25.9. The lowest BCUT2D eigenvalue weighted by molar-refractivity contribution is -0.0111. The second-order valence-corrected chi connectivity index (χ2v) is 9.67. The highest BCUT2D eigenvalue weighted by molar-refractivity contribution is 5.67. The van der Waals surface area contributed by atoms with E-state index in [2.05, 4.69) is 12.2 Å². The number of alkyl carbamates (subject to hydrolysis) is 1. The Kier molecular flexibility index (Phi) is 25.4. The van der Waals surface area contributed by atoms with Crippen LogP contribution in [0, 0.1) is 0 Å². The molecule has 0 unspecified atom stereocenters. The number of nitrogens with one attached hydrogen (secondary N) is 1. The topological polar surface area (TPSA) is 84.5 Å². The number of ether oxygens (including phenoxy) is 6. The lowest BCUT2D eigenvalue weighted by Gasteiger charge is -2.19. The van der Waals surface area contributed by atoms with Gasteiger partial charge in [0.1, 0.15) is 5.60 Å². The maximum atomic E-state index is 11.5. The smallest absolute Gasteiger partial charge is 0.407 e. The first-order valence-electron chi connectivity index (χ1n) is 13.8. The Hall–Kier alpha value is -0.930. The van der Waals surface area contributed by atoms with E-state index in [0.29, 0.717) is 66.0 Å². The predicted octanol–water partition coefficient (Wildman–Crippen LogP) is 5.52. The molecule has 0 aromatic rings. The molecule has 1 amide bonds. The van der Waals surface area contributed by atoms with Crippen molar-refractivity contribution < 1.29 is 33.2 Å². The van der Waals surface area contributed by atoms with Crippen molar-refractivity contribution in [1.29, 1.82) is 0 Å². The molecule has 0 aliphatic rings. The summed E-state index contributed by atoms with van der Waals surface area (Å²) in [7, 11) is 0. The van der Waals surface area contributed by atoms with Gasteiger partial charge in [0.15, 0.2) is 0 Å². The largest absolute Gasteiger partial charge is 0.444 e. The number of carbonyl (C=O) groups is 1. The fourth-order valence-electron chi connectivity index (χ4n) is 3.21. The third kappa shape index (κ3) is 31.0. The number of amides is 1. The first kappa shape index (κ1) is 34.1. The van der Waals surface area contributed by atoms with Crippen molar-refractivity contribution in [3.8, 4) is 0 Å². The number of hydrogen-bond donors (Lipinski definition) is 1. The third-order valence-electron chi connectivity index (χ3n) is 5.04. The highest BCUT2D eigenvalue weighted by Gasteiger charge is 2.15. The molecule has 0 aromatic heterocycles. The second kappa shape index (κ2) is 26.1. The molecular formula is C27H55NO7. The van der Waals surface area contributed by atoms with Gasteiger partial charge < -0.3 is 33.7 Å². The molecule has 0 bridgehead atoms. The molecule has 35 heavy (non-hydrogen) atoms. The lowest BCUT2D eigenvalue weighted by atomic mass is 10.1. The van der Waals surface area contributed by atoms with Crippen LogP contribution < -0.4 is 5.32 Å². The maximum Gasteiger partial charge on any atom is 0.407 e. The summed E-state index contributed by atoms with van der Waals surface area (Å²) in [5.41, 5.74) is -0.493. The van der Waals surface area contributed by atoms with Crippen LogP contribution in [0.2, 0.25) is 0 Å². The zero-order valence-corrected chi connectivity index (χ0v) is 23.2. The Morgan fingerprint density at radius 2 is 0.914 bits per heavy atom. The minimum atomic E-state index is -0.493. The van der Waals surface area contributed by atoms with E-state index in [0.717, 1.165) is 13.0 Å². The van der Waals surface area contributed by atoms with Gasteiger partial charge in [-0.3, -0.25) is 0 Å². The Labute approximate surface area is 215 Å². The van der Waals surface area contributed by atoms with E-state index in [1.54, 1.807) is 0 Å². The Morgan fingerprint density at radius 3 is 1.34 bits per heavy atom. The van der Waals surface area contributed by atoms with Crippen molar-refractivity contribution in [2.75, 3.05) is 72.6 Å². The van der Waals surface area contributed by atoms with Crippen molar-refractivity contribution in [1.82, 2.24) is 5.32 Å². The average Bonchev–Trinajstić information content (AvgIpc) is 2.80. The van der Waals surface area contributed by atoms with Gasteiger partial charge in [0.25, 0.3) is 0 Å². The molecule has 0 aliphatic carbocycles. The number of rotatable bonds is 26. The first-order chi connectivity index (χ1) is 17.0. The molecule has 0 aliphatic heterocycles. The molecule has 0 saturated carbocycles. The summed E-state index contributed by atoms with van der Waals surface area (Å²) in [4.78, 5) is 11.5. The van der Waals surface area contributed by atoms with E-state index < -0.39 is 11.7 Å². The summed E-state index contributed by atoms with van der Waals surface area (Å²) >= 11 is 0.